The van der Waals surface area contributed by atoms with Crippen LogP contribution in [0, 0.1) is 0 Å². The van der Waals surface area contributed by atoms with Gasteiger partial charge in [0.2, 0.25) is 0 Å². The first-order valence-corrected chi connectivity index (χ1v) is 5.48. The highest BCUT2D eigenvalue weighted by atomic mass is 79.9. The predicted octanol–water partition coefficient (Wildman–Crippen LogP) is 1.38. The van der Waals surface area contributed by atoms with Gasteiger partial charge in [-0.1, -0.05) is 0 Å². The van der Waals surface area contributed by atoms with E-state index in [1.807, 2.05) is 5.41 Å². The molecule has 0 aromatic carbocycles. The number of aliphatic imine (C=N–C) groups is 1. The van der Waals surface area contributed by atoms with Gasteiger partial charge in [0, 0.05) is 0 Å². The normalized spacial score (nSPS) is 30.1. The number of carbonyl (C=O) groups is 1. The molecule has 0 bridgehead atoms. The molecule has 44 valence electrons. The van der Waals surface area contributed by atoms with Crippen LogP contribution >= 0.6 is 24.1 Å². The maximum absolute atomic E-state index is 9.96. The van der Waals surface area contributed by atoms with E-state index in [0.29, 0.717) is 5.70 Å². The van der Waals surface area contributed by atoms with Crippen molar-refractivity contribution in [3.63, 3.8) is 0 Å². The van der Waals surface area contributed by atoms with Crippen LogP contribution in [0.15, 0.2) is 16.1 Å². The summed E-state index contributed by atoms with van der Waals surface area (Å²) < 4.78 is 0. The molecule has 0 saturated carbocycles. The molecule has 0 aromatic rings. The van der Waals surface area contributed by atoms with Crippen molar-refractivity contribution in [3.05, 3.63) is 11.1 Å². The van der Waals surface area contributed by atoms with Crippen molar-refractivity contribution in [2.45, 2.75) is 0 Å². The van der Waals surface area contributed by atoms with Crippen molar-refractivity contribution in [2.24, 2.45) is 4.99 Å². The van der Waals surface area contributed by atoms with Crippen LogP contribution in [0.25, 0.3) is 0 Å². The molecule has 1 aliphatic heterocycles. The summed E-state index contributed by atoms with van der Waals surface area (Å²) in [6, 6.07) is 0. The SMILES string of the molecule is O=CC1=C[SH](Br)C=N1. The molecule has 0 fully saturated rings. The highest BCUT2D eigenvalue weighted by Crippen LogP contribution is 2.37. The Morgan fingerprint density at radius 2 is 2.62 bits per heavy atom. The fraction of sp³-hybridized carbons (Fsp3) is 0. The lowest BCUT2D eigenvalue weighted by Crippen LogP contribution is -1.69. The number of rotatable bonds is 1. The molecule has 0 amide bonds. The van der Waals surface area contributed by atoms with Gasteiger partial charge in [0.15, 0.2) is 6.29 Å². The Morgan fingerprint density at radius 1 is 1.88 bits per heavy atom. The summed E-state index contributed by atoms with van der Waals surface area (Å²) in [5.74, 6) is 0. The number of hydrogen-bond acceptors (Lipinski definition) is 2. The van der Waals surface area contributed by atoms with Crippen molar-refractivity contribution in [2.75, 3.05) is 0 Å². The van der Waals surface area contributed by atoms with Gasteiger partial charge in [-0.3, -0.25) is 4.79 Å². The zero-order valence-electron chi connectivity index (χ0n) is 3.91. The van der Waals surface area contributed by atoms with E-state index >= 15 is 0 Å². The molecule has 4 heteroatoms. The van der Waals surface area contributed by atoms with E-state index < -0.39 is 0 Å². The monoisotopic (exact) mass is 193 g/mol. The molecule has 1 unspecified atom stereocenters. The van der Waals surface area contributed by atoms with E-state index in [9.17, 15) is 4.79 Å². The lowest BCUT2D eigenvalue weighted by atomic mass is 10.6. The molecule has 1 aliphatic rings. The number of halogens is 1. The number of aldehydes is 1. The summed E-state index contributed by atoms with van der Waals surface area (Å²) in [6.07, 6.45) is 0.750. The van der Waals surface area contributed by atoms with Gasteiger partial charge in [-0.15, -0.1) is 9.33 Å². The summed E-state index contributed by atoms with van der Waals surface area (Å²) >= 11 is 3.30. The van der Waals surface area contributed by atoms with Crippen molar-refractivity contribution >= 4 is 36.0 Å². The number of hydrogen-bond donors (Lipinski definition) is 1. The van der Waals surface area contributed by atoms with Gasteiger partial charge in [0.25, 0.3) is 0 Å². The van der Waals surface area contributed by atoms with Gasteiger partial charge in [0.1, 0.15) is 5.70 Å². The van der Waals surface area contributed by atoms with E-state index in [2.05, 4.69) is 19.8 Å². The largest absolute Gasteiger partial charge is 0.296 e. The van der Waals surface area contributed by atoms with Crippen molar-refractivity contribution < 1.29 is 4.79 Å². The minimum atomic E-state index is -0.383. The smallest absolute Gasteiger partial charge is 0.168 e. The first-order chi connectivity index (χ1) is 3.83. The fourth-order valence-electron chi connectivity index (χ4n) is 0.376. The summed E-state index contributed by atoms with van der Waals surface area (Å²) in [5.41, 5.74) is 2.27. The zero-order chi connectivity index (χ0) is 5.98. The molecule has 8 heavy (non-hydrogen) atoms. The van der Waals surface area contributed by atoms with Gasteiger partial charge in [-0.05, 0) is 20.2 Å². The molecule has 1 heterocycles. The zero-order valence-corrected chi connectivity index (χ0v) is 6.39. The van der Waals surface area contributed by atoms with Gasteiger partial charge in [-0.2, -0.15) is 0 Å². The number of nitrogens with zero attached hydrogens (tertiary/aromatic N) is 1. The number of allylic oxidation sites excluding steroid dienone is 1. The molecular weight excluding hydrogens is 190 g/mol. The lowest BCUT2D eigenvalue weighted by molar-refractivity contribution is -0.104. The Hall–Kier alpha value is -0.0900. The van der Waals surface area contributed by atoms with E-state index in [0.717, 1.165) is 6.29 Å². The van der Waals surface area contributed by atoms with Gasteiger partial charge in [-0.25, -0.2) is 4.99 Å². The molecule has 0 saturated heterocycles. The highest BCUT2D eigenvalue weighted by Gasteiger charge is 2.00. The van der Waals surface area contributed by atoms with Crippen molar-refractivity contribution in [1.29, 1.82) is 0 Å². The second kappa shape index (κ2) is 2.46. The van der Waals surface area contributed by atoms with E-state index in [4.69, 9.17) is 0 Å². The summed E-state index contributed by atoms with van der Waals surface area (Å²) in [5, 5.41) is 1.81. The topological polar surface area (TPSA) is 29.4 Å². The van der Waals surface area contributed by atoms with Crippen LogP contribution < -0.4 is 0 Å². The maximum atomic E-state index is 9.96. The molecule has 0 aromatic heterocycles. The Labute approximate surface area is 57.2 Å². The second-order valence-corrected chi connectivity index (χ2v) is 4.90. The van der Waals surface area contributed by atoms with Crippen LogP contribution in [0.2, 0.25) is 0 Å². The lowest BCUT2D eigenvalue weighted by Gasteiger charge is -1.87. The molecule has 0 N–H and O–H groups in total. The average molecular weight is 194 g/mol. The average Bonchev–Trinajstić information content (AvgIpc) is 2.14. The van der Waals surface area contributed by atoms with Crippen LogP contribution in [0.4, 0.5) is 0 Å². The van der Waals surface area contributed by atoms with Crippen LogP contribution in [0.1, 0.15) is 0 Å². The summed E-state index contributed by atoms with van der Waals surface area (Å²) in [7, 11) is -0.383. The third-order valence-electron chi connectivity index (χ3n) is 0.693. The summed E-state index contributed by atoms with van der Waals surface area (Å²) in [6.45, 7) is 0. The number of thiol groups is 1. The Kier molecular flexibility index (Phi) is 1.85. The first-order valence-electron chi connectivity index (χ1n) is 1.98. The second-order valence-electron chi connectivity index (χ2n) is 1.26. The molecular formula is C4H4BrNOS. The van der Waals surface area contributed by atoms with Crippen LogP contribution in [-0.4, -0.2) is 11.8 Å². The molecule has 1 rings (SSSR count). The van der Waals surface area contributed by atoms with Gasteiger partial charge in [0.05, 0.1) is 5.55 Å². The molecule has 0 spiro atoms. The van der Waals surface area contributed by atoms with E-state index in [1.165, 1.54) is 0 Å². The number of carbonyl (C=O) groups excluding carboxylic acids is 1. The van der Waals surface area contributed by atoms with E-state index in [-0.39, 0.29) is 9.33 Å². The van der Waals surface area contributed by atoms with Gasteiger partial charge < -0.3 is 0 Å². The Balaban J connectivity index is 2.72. The summed E-state index contributed by atoms with van der Waals surface area (Å²) in [4.78, 5) is 13.7. The standard InChI is InChI=1S/C4H4BrNOS/c5-8-2-4(1-7)6-3-8/h1-3,8H. The third-order valence-corrected chi connectivity index (χ3v) is 2.70. The van der Waals surface area contributed by atoms with Crippen LogP contribution in [0.5, 0.6) is 0 Å². The Bertz CT molecular complexity index is 165. The van der Waals surface area contributed by atoms with Crippen LogP contribution in [0.3, 0.4) is 0 Å². The van der Waals surface area contributed by atoms with Crippen molar-refractivity contribution in [1.82, 2.24) is 0 Å². The minimum Gasteiger partial charge on any atom is -0.296 e. The maximum Gasteiger partial charge on any atom is 0.168 e. The van der Waals surface area contributed by atoms with Gasteiger partial charge >= 0.3 is 0 Å². The fourth-order valence-corrected chi connectivity index (χ4v) is 1.97. The molecule has 0 aliphatic carbocycles. The van der Waals surface area contributed by atoms with Crippen molar-refractivity contribution in [3.8, 4) is 0 Å². The van der Waals surface area contributed by atoms with Crippen LogP contribution in [-0.2, 0) is 4.79 Å². The highest BCUT2D eigenvalue weighted by molar-refractivity contribution is 9.56. The predicted molar refractivity (Wildman–Crippen MR) is 40.6 cm³/mol. The third kappa shape index (κ3) is 1.20. The molecule has 1 atom stereocenters. The quantitative estimate of drug-likeness (QED) is 0.495. The Morgan fingerprint density at radius 3 is 2.88 bits per heavy atom. The van der Waals surface area contributed by atoms with E-state index in [1.54, 1.807) is 5.55 Å². The minimum absolute atomic E-state index is 0.383. The molecule has 2 nitrogen and oxygen atoms in total. The first kappa shape index (κ1) is 6.04. The molecule has 0 radical (unpaired) electrons.